The molecule has 2 amide bonds. The van der Waals surface area contributed by atoms with Gasteiger partial charge in [-0.1, -0.05) is 11.3 Å². The van der Waals surface area contributed by atoms with Crippen LogP contribution in [0.15, 0.2) is 36.4 Å². The van der Waals surface area contributed by atoms with Crippen molar-refractivity contribution in [1.82, 2.24) is 10.2 Å². The Balaban J connectivity index is 1.74. The first-order chi connectivity index (χ1) is 12.8. The van der Waals surface area contributed by atoms with Crippen molar-refractivity contribution in [2.45, 2.75) is 6.92 Å². The highest BCUT2D eigenvalue weighted by molar-refractivity contribution is 7.15. The second kappa shape index (κ2) is 7.46. The van der Waals surface area contributed by atoms with Crippen molar-refractivity contribution in [3.05, 3.63) is 64.2 Å². The third kappa shape index (κ3) is 4.42. The molecule has 1 heterocycles. The van der Waals surface area contributed by atoms with Gasteiger partial charge in [-0.15, -0.1) is 10.2 Å². The number of halogens is 2. The molecule has 0 saturated carbocycles. The number of hydrogen-bond acceptors (Lipinski definition) is 6. The largest absolute Gasteiger partial charge is 0.507 e. The summed E-state index contributed by atoms with van der Waals surface area (Å²) >= 11 is 1.17. The SMILES string of the molecule is Cc1nnc(NC(=O)c2ccc(NC(=O)c3cc(F)cc(F)c3)cc2O)s1. The van der Waals surface area contributed by atoms with E-state index in [1.165, 1.54) is 23.5 Å². The maximum Gasteiger partial charge on any atom is 0.261 e. The lowest BCUT2D eigenvalue weighted by Gasteiger charge is -2.09. The smallest absolute Gasteiger partial charge is 0.261 e. The van der Waals surface area contributed by atoms with Crippen LogP contribution in [0, 0.1) is 18.6 Å². The van der Waals surface area contributed by atoms with Gasteiger partial charge in [0.15, 0.2) is 0 Å². The fourth-order valence-corrected chi connectivity index (χ4v) is 2.79. The summed E-state index contributed by atoms with van der Waals surface area (Å²) in [7, 11) is 0. The van der Waals surface area contributed by atoms with Gasteiger partial charge in [0.05, 0.1) is 5.56 Å². The van der Waals surface area contributed by atoms with E-state index in [0.29, 0.717) is 11.1 Å². The van der Waals surface area contributed by atoms with Crippen LogP contribution in [0.5, 0.6) is 5.75 Å². The number of amides is 2. The van der Waals surface area contributed by atoms with Gasteiger partial charge in [0.25, 0.3) is 11.8 Å². The normalized spacial score (nSPS) is 10.5. The van der Waals surface area contributed by atoms with Gasteiger partial charge in [-0.05, 0) is 31.2 Å². The molecule has 27 heavy (non-hydrogen) atoms. The molecule has 138 valence electrons. The Bertz CT molecular complexity index is 1020. The first kappa shape index (κ1) is 18.4. The van der Waals surface area contributed by atoms with Gasteiger partial charge in [-0.25, -0.2) is 8.78 Å². The van der Waals surface area contributed by atoms with E-state index in [0.717, 1.165) is 18.2 Å². The number of carbonyl (C=O) groups excluding carboxylic acids is 2. The summed E-state index contributed by atoms with van der Waals surface area (Å²) in [6, 6.07) is 6.21. The first-order valence-electron chi connectivity index (χ1n) is 7.54. The summed E-state index contributed by atoms with van der Waals surface area (Å²) < 4.78 is 26.4. The zero-order chi connectivity index (χ0) is 19.6. The van der Waals surface area contributed by atoms with Gasteiger partial charge in [0, 0.05) is 23.4 Å². The molecule has 3 N–H and O–H groups in total. The third-order valence-electron chi connectivity index (χ3n) is 3.37. The maximum absolute atomic E-state index is 13.2. The Kier molecular flexibility index (Phi) is 5.08. The number of hydrogen-bond donors (Lipinski definition) is 3. The standard InChI is InChI=1S/C17H12F2N4O3S/c1-8-22-23-17(27-8)21-16(26)13-3-2-12(7-14(13)24)20-15(25)9-4-10(18)6-11(19)5-9/h2-7,24H,1H3,(H,20,25)(H,21,23,26). The number of carbonyl (C=O) groups is 2. The van der Waals surface area contributed by atoms with Crippen molar-refractivity contribution in [2.75, 3.05) is 10.6 Å². The number of nitrogens with one attached hydrogen (secondary N) is 2. The molecule has 2 aromatic carbocycles. The Morgan fingerprint density at radius 2 is 1.70 bits per heavy atom. The number of aromatic nitrogens is 2. The number of aromatic hydroxyl groups is 1. The Morgan fingerprint density at radius 3 is 2.30 bits per heavy atom. The number of phenols is 1. The quantitative estimate of drug-likeness (QED) is 0.634. The average molecular weight is 390 g/mol. The second-order valence-corrected chi connectivity index (χ2v) is 6.61. The highest BCUT2D eigenvalue weighted by Gasteiger charge is 2.15. The maximum atomic E-state index is 13.2. The van der Waals surface area contributed by atoms with Gasteiger partial charge in [-0.3, -0.25) is 14.9 Å². The minimum atomic E-state index is -0.887. The number of rotatable bonds is 4. The molecule has 0 aliphatic carbocycles. The van der Waals surface area contributed by atoms with Crippen molar-refractivity contribution in [3.8, 4) is 5.75 Å². The molecule has 0 spiro atoms. The third-order valence-corrected chi connectivity index (χ3v) is 4.13. The van der Waals surface area contributed by atoms with Gasteiger partial charge >= 0.3 is 0 Å². The van der Waals surface area contributed by atoms with E-state index in [1.807, 2.05) is 0 Å². The van der Waals surface area contributed by atoms with Crippen LogP contribution in [-0.2, 0) is 0 Å². The summed E-state index contributed by atoms with van der Waals surface area (Å²) in [5.74, 6) is -3.54. The van der Waals surface area contributed by atoms with E-state index >= 15 is 0 Å². The summed E-state index contributed by atoms with van der Waals surface area (Å²) in [4.78, 5) is 24.2. The van der Waals surface area contributed by atoms with Crippen molar-refractivity contribution in [1.29, 1.82) is 0 Å². The van der Waals surface area contributed by atoms with Gasteiger partial charge < -0.3 is 10.4 Å². The summed E-state index contributed by atoms with van der Waals surface area (Å²) in [6.07, 6.45) is 0. The Morgan fingerprint density at radius 1 is 1.00 bits per heavy atom. The molecule has 0 fully saturated rings. The summed E-state index contributed by atoms with van der Waals surface area (Å²) in [6.45, 7) is 1.73. The lowest BCUT2D eigenvalue weighted by molar-refractivity contribution is 0.101. The summed E-state index contributed by atoms with van der Waals surface area (Å²) in [5, 5.41) is 23.4. The number of phenolic OH excluding ortho intramolecular Hbond substituents is 1. The van der Waals surface area contributed by atoms with Crippen molar-refractivity contribution >= 4 is 34.0 Å². The van der Waals surface area contributed by atoms with E-state index in [9.17, 15) is 23.5 Å². The van der Waals surface area contributed by atoms with Crippen LogP contribution < -0.4 is 10.6 Å². The first-order valence-corrected chi connectivity index (χ1v) is 8.35. The van der Waals surface area contributed by atoms with E-state index in [4.69, 9.17) is 0 Å². The van der Waals surface area contributed by atoms with E-state index in [-0.39, 0.29) is 21.9 Å². The van der Waals surface area contributed by atoms with Crippen molar-refractivity contribution < 1.29 is 23.5 Å². The molecular weight excluding hydrogens is 378 g/mol. The molecule has 0 atom stereocenters. The number of aryl methyl sites for hydroxylation is 1. The van der Waals surface area contributed by atoms with Crippen LogP contribution in [0.2, 0.25) is 0 Å². The van der Waals surface area contributed by atoms with E-state index in [2.05, 4.69) is 20.8 Å². The Hall–Kier alpha value is -3.40. The molecule has 0 aliphatic heterocycles. The van der Waals surface area contributed by atoms with Crippen molar-refractivity contribution in [3.63, 3.8) is 0 Å². The Labute approximate surface area is 155 Å². The zero-order valence-corrected chi connectivity index (χ0v) is 14.6. The van der Waals surface area contributed by atoms with Crippen LogP contribution in [0.4, 0.5) is 19.6 Å². The zero-order valence-electron chi connectivity index (χ0n) is 13.8. The number of benzene rings is 2. The predicted octanol–water partition coefficient (Wildman–Crippen LogP) is 3.33. The molecule has 0 radical (unpaired) electrons. The minimum Gasteiger partial charge on any atom is -0.507 e. The fourth-order valence-electron chi connectivity index (χ4n) is 2.20. The lowest BCUT2D eigenvalue weighted by atomic mass is 10.1. The van der Waals surface area contributed by atoms with E-state index in [1.54, 1.807) is 6.92 Å². The van der Waals surface area contributed by atoms with Gasteiger partial charge in [0.2, 0.25) is 5.13 Å². The molecule has 7 nitrogen and oxygen atoms in total. The van der Waals surface area contributed by atoms with Crippen LogP contribution in [0.25, 0.3) is 0 Å². The van der Waals surface area contributed by atoms with Crippen LogP contribution in [0.1, 0.15) is 25.7 Å². The van der Waals surface area contributed by atoms with Crippen LogP contribution in [0.3, 0.4) is 0 Å². The fraction of sp³-hybridized carbons (Fsp3) is 0.0588. The molecule has 0 aliphatic rings. The lowest BCUT2D eigenvalue weighted by Crippen LogP contribution is -2.14. The average Bonchev–Trinajstić information content (AvgIpc) is 2.98. The van der Waals surface area contributed by atoms with E-state index < -0.39 is 29.2 Å². The minimum absolute atomic E-state index is 0.0438. The van der Waals surface area contributed by atoms with Crippen molar-refractivity contribution in [2.24, 2.45) is 0 Å². The molecule has 3 rings (SSSR count). The molecule has 3 aromatic rings. The van der Waals surface area contributed by atoms with Crippen LogP contribution >= 0.6 is 11.3 Å². The van der Waals surface area contributed by atoms with Gasteiger partial charge in [-0.2, -0.15) is 0 Å². The monoisotopic (exact) mass is 390 g/mol. The highest BCUT2D eigenvalue weighted by atomic mass is 32.1. The summed E-state index contributed by atoms with van der Waals surface area (Å²) in [5.41, 5.74) is -0.122. The molecule has 1 aromatic heterocycles. The number of anilines is 2. The molecular formula is C17H12F2N4O3S. The number of nitrogens with zero attached hydrogens (tertiary/aromatic N) is 2. The topological polar surface area (TPSA) is 104 Å². The molecule has 10 heteroatoms. The van der Waals surface area contributed by atoms with Crippen LogP contribution in [-0.4, -0.2) is 27.1 Å². The predicted molar refractivity (Wildman–Crippen MR) is 95.0 cm³/mol. The molecule has 0 unspecified atom stereocenters. The highest BCUT2D eigenvalue weighted by Crippen LogP contribution is 2.24. The second-order valence-electron chi connectivity index (χ2n) is 5.42. The molecule has 0 saturated heterocycles. The molecule has 0 bridgehead atoms. The van der Waals surface area contributed by atoms with Gasteiger partial charge in [0.1, 0.15) is 22.4 Å².